The van der Waals surface area contributed by atoms with Crippen LogP contribution >= 0.6 is 0 Å². The van der Waals surface area contributed by atoms with Crippen molar-refractivity contribution in [1.82, 2.24) is 9.21 Å². The minimum absolute atomic E-state index is 0.00638. The molecule has 2 aromatic carbocycles. The Morgan fingerprint density at radius 3 is 2.26 bits per heavy atom. The number of rotatable bonds is 10. The van der Waals surface area contributed by atoms with Crippen molar-refractivity contribution in [3.05, 3.63) is 65.7 Å². The number of likely N-dealkylation sites (tertiary alicyclic amines) is 1. The fourth-order valence-corrected chi connectivity index (χ4v) is 8.50. The standard InChI is InChI=1S/C32H46N2O3S/c1-25(2)34(38(36,37)31-16-10-11-26(3)23-31)30-19-21-33(22-20-30)32(35)29(24-28-14-8-5-9-15-28)18-17-27-12-6-4-7-13-27/h5,8-11,14-16,23,25,27,29-30H,4,6-7,12-13,17-22,24H2,1-3H3/t29-/m0/s1. The van der Waals surface area contributed by atoms with Crippen LogP contribution in [0.15, 0.2) is 59.5 Å². The molecule has 2 aliphatic rings. The van der Waals surface area contributed by atoms with Crippen LogP contribution in [0.1, 0.15) is 82.8 Å². The first kappa shape index (κ1) is 28.8. The lowest BCUT2D eigenvalue weighted by atomic mass is 9.82. The highest BCUT2D eigenvalue weighted by molar-refractivity contribution is 7.89. The lowest BCUT2D eigenvalue weighted by Gasteiger charge is -2.40. The van der Waals surface area contributed by atoms with Gasteiger partial charge in [0, 0.05) is 31.1 Å². The first-order valence-electron chi connectivity index (χ1n) is 14.7. The van der Waals surface area contributed by atoms with Gasteiger partial charge in [0.2, 0.25) is 15.9 Å². The maximum absolute atomic E-state index is 13.8. The predicted molar refractivity (Wildman–Crippen MR) is 154 cm³/mol. The van der Waals surface area contributed by atoms with Crippen LogP contribution in [-0.4, -0.2) is 48.7 Å². The van der Waals surface area contributed by atoms with E-state index in [2.05, 4.69) is 24.3 Å². The van der Waals surface area contributed by atoms with Gasteiger partial charge in [-0.05, 0) is 82.1 Å². The molecule has 1 aliphatic carbocycles. The number of aryl methyl sites for hydroxylation is 1. The number of piperidine rings is 1. The molecular weight excluding hydrogens is 492 g/mol. The molecule has 2 aromatic rings. The number of amides is 1. The second-order valence-electron chi connectivity index (χ2n) is 11.8. The fraction of sp³-hybridized carbons (Fsp3) is 0.594. The van der Waals surface area contributed by atoms with Crippen molar-refractivity contribution in [3.8, 4) is 0 Å². The van der Waals surface area contributed by atoms with Crippen LogP contribution in [0.3, 0.4) is 0 Å². The number of hydrogen-bond donors (Lipinski definition) is 0. The molecule has 0 bridgehead atoms. The van der Waals surface area contributed by atoms with E-state index in [1.807, 2.05) is 43.9 Å². The van der Waals surface area contributed by atoms with Crippen LogP contribution in [0.4, 0.5) is 0 Å². The first-order valence-corrected chi connectivity index (χ1v) is 16.1. The highest BCUT2D eigenvalue weighted by Gasteiger charge is 2.37. The Morgan fingerprint density at radius 1 is 0.947 bits per heavy atom. The van der Waals surface area contributed by atoms with Crippen LogP contribution in [0.25, 0.3) is 0 Å². The Hall–Kier alpha value is -2.18. The maximum atomic E-state index is 13.8. The normalized spacial score (nSPS) is 18.7. The number of carbonyl (C=O) groups is 1. The van der Waals surface area contributed by atoms with E-state index < -0.39 is 10.0 Å². The summed E-state index contributed by atoms with van der Waals surface area (Å²) in [7, 11) is -3.61. The molecule has 1 atom stereocenters. The maximum Gasteiger partial charge on any atom is 0.243 e. The van der Waals surface area contributed by atoms with Gasteiger partial charge in [0.15, 0.2) is 0 Å². The van der Waals surface area contributed by atoms with Gasteiger partial charge in [-0.3, -0.25) is 4.79 Å². The highest BCUT2D eigenvalue weighted by atomic mass is 32.2. The summed E-state index contributed by atoms with van der Waals surface area (Å²) in [5.41, 5.74) is 2.16. The molecular formula is C32H46N2O3S. The van der Waals surface area contributed by atoms with Gasteiger partial charge in [0.1, 0.15) is 0 Å². The predicted octanol–water partition coefficient (Wildman–Crippen LogP) is 6.60. The molecule has 1 aliphatic heterocycles. The van der Waals surface area contributed by atoms with E-state index in [1.165, 1.54) is 37.7 Å². The van der Waals surface area contributed by atoms with Crippen molar-refractivity contribution in [2.75, 3.05) is 13.1 Å². The zero-order chi connectivity index (χ0) is 27.1. The van der Waals surface area contributed by atoms with E-state index >= 15 is 0 Å². The molecule has 0 N–H and O–H groups in total. The third-order valence-corrected chi connectivity index (χ3v) is 10.7. The molecule has 1 saturated heterocycles. The van der Waals surface area contributed by atoms with Crippen LogP contribution in [0.2, 0.25) is 0 Å². The van der Waals surface area contributed by atoms with Crippen molar-refractivity contribution < 1.29 is 13.2 Å². The van der Waals surface area contributed by atoms with E-state index in [4.69, 9.17) is 0 Å². The third kappa shape index (κ3) is 7.26. The average Bonchev–Trinajstić information content (AvgIpc) is 2.92. The largest absolute Gasteiger partial charge is 0.342 e. The number of benzene rings is 2. The lowest BCUT2D eigenvalue weighted by Crippen LogP contribution is -2.52. The molecule has 208 valence electrons. The smallest absolute Gasteiger partial charge is 0.243 e. The van der Waals surface area contributed by atoms with Crippen LogP contribution in [0.5, 0.6) is 0 Å². The number of hydrogen-bond acceptors (Lipinski definition) is 3. The second kappa shape index (κ2) is 13.3. The summed E-state index contributed by atoms with van der Waals surface area (Å²) < 4.78 is 29.0. The van der Waals surface area contributed by atoms with Gasteiger partial charge in [0.25, 0.3) is 0 Å². The molecule has 5 nitrogen and oxygen atoms in total. The Morgan fingerprint density at radius 2 is 1.63 bits per heavy atom. The van der Waals surface area contributed by atoms with Gasteiger partial charge in [-0.2, -0.15) is 4.31 Å². The second-order valence-corrected chi connectivity index (χ2v) is 13.6. The summed E-state index contributed by atoms with van der Waals surface area (Å²) in [4.78, 5) is 16.2. The average molecular weight is 539 g/mol. The highest BCUT2D eigenvalue weighted by Crippen LogP contribution is 2.32. The summed E-state index contributed by atoms with van der Waals surface area (Å²) in [6.45, 7) is 7.05. The summed E-state index contributed by atoms with van der Waals surface area (Å²) in [6.07, 6.45) is 10.8. The monoisotopic (exact) mass is 538 g/mol. The molecule has 38 heavy (non-hydrogen) atoms. The molecule has 1 amide bonds. The number of nitrogens with zero attached hydrogens (tertiary/aromatic N) is 2. The van der Waals surface area contributed by atoms with Crippen molar-refractivity contribution in [3.63, 3.8) is 0 Å². The Kier molecular flexibility index (Phi) is 10.1. The molecule has 4 rings (SSSR count). The van der Waals surface area contributed by atoms with E-state index in [0.29, 0.717) is 30.8 Å². The summed E-state index contributed by atoms with van der Waals surface area (Å²) in [5.74, 6) is 1.00. The number of carbonyl (C=O) groups excluding carboxylic acids is 1. The fourth-order valence-electron chi connectivity index (χ4n) is 6.52. The van der Waals surface area contributed by atoms with Gasteiger partial charge < -0.3 is 4.90 Å². The van der Waals surface area contributed by atoms with Gasteiger partial charge in [-0.15, -0.1) is 0 Å². The molecule has 0 spiro atoms. The van der Waals surface area contributed by atoms with Gasteiger partial charge in [0.05, 0.1) is 4.90 Å². The molecule has 0 unspecified atom stereocenters. The topological polar surface area (TPSA) is 57.7 Å². The van der Waals surface area contributed by atoms with Crippen LogP contribution in [-0.2, 0) is 21.2 Å². The van der Waals surface area contributed by atoms with Gasteiger partial charge >= 0.3 is 0 Å². The van der Waals surface area contributed by atoms with Gasteiger partial charge in [-0.1, -0.05) is 74.6 Å². The van der Waals surface area contributed by atoms with Crippen molar-refractivity contribution in [2.24, 2.45) is 11.8 Å². The van der Waals surface area contributed by atoms with Crippen molar-refractivity contribution in [1.29, 1.82) is 0 Å². The quantitative estimate of drug-likeness (QED) is 0.342. The van der Waals surface area contributed by atoms with E-state index in [-0.39, 0.29) is 23.9 Å². The number of sulfonamides is 1. The Labute approximate surface area is 230 Å². The molecule has 0 aromatic heterocycles. The molecule has 1 heterocycles. The summed E-state index contributed by atoms with van der Waals surface area (Å²) in [6, 6.07) is 17.3. The van der Waals surface area contributed by atoms with E-state index in [1.54, 1.807) is 16.4 Å². The first-order chi connectivity index (χ1) is 18.3. The summed E-state index contributed by atoms with van der Waals surface area (Å²) in [5, 5.41) is 0. The van der Waals surface area contributed by atoms with Gasteiger partial charge in [-0.25, -0.2) is 8.42 Å². The molecule has 0 radical (unpaired) electrons. The van der Waals surface area contributed by atoms with E-state index in [9.17, 15) is 13.2 Å². The Bertz CT molecular complexity index is 1130. The van der Waals surface area contributed by atoms with Crippen molar-refractivity contribution in [2.45, 2.75) is 102 Å². The van der Waals surface area contributed by atoms with E-state index in [0.717, 1.165) is 30.7 Å². The van der Waals surface area contributed by atoms with Crippen molar-refractivity contribution >= 4 is 15.9 Å². The van der Waals surface area contributed by atoms with Crippen LogP contribution < -0.4 is 0 Å². The minimum atomic E-state index is -3.61. The lowest BCUT2D eigenvalue weighted by molar-refractivity contribution is -0.137. The molecule has 6 heteroatoms. The SMILES string of the molecule is Cc1cccc(S(=O)(=O)N(C(C)C)C2CCN(C(=O)[C@@H](CCC3CCCCC3)Cc3ccccc3)CC2)c1. The molecule has 1 saturated carbocycles. The zero-order valence-electron chi connectivity index (χ0n) is 23.5. The van der Waals surface area contributed by atoms with Crippen LogP contribution in [0, 0.1) is 18.8 Å². The zero-order valence-corrected chi connectivity index (χ0v) is 24.3. The molecule has 2 fully saturated rings. The summed E-state index contributed by atoms with van der Waals surface area (Å²) >= 11 is 0. The third-order valence-electron chi connectivity index (χ3n) is 8.53. The Balaban J connectivity index is 1.43. The minimum Gasteiger partial charge on any atom is -0.342 e.